The van der Waals surface area contributed by atoms with E-state index >= 15 is 0 Å². The first-order valence-electron chi connectivity index (χ1n) is 21.2. The van der Waals surface area contributed by atoms with Crippen LogP contribution in [-0.4, -0.2) is 0 Å². The molecule has 0 amide bonds. The van der Waals surface area contributed by atoms with Crippen LogP contribution in [0, 0.1) is 0 Å². The van der Waals surface area contributed by atoms with Crippen LogP contribution in [0.5, 0.6) is 23.0 Å². The first-order chi connectivity index (χ1) is 31.2. The quantitative estimate of drug-likeness (QED) is 0.160. The summed E-state index contributed by atoms with van der Waals surface area (Å²) >= 11 is 0. The molecule has 0 saturated heterocycles. The van der Waals surface area contributed by atoms with E-state index in [-0.39, 0.29) is 0 Å². The number of rotatable bonds is 7. The van der Waals surface area contributed by atoms with E-state index in [1.807, 2.05) is 24.3 Å². The highest BCUT2D eigenvalue weighted by Gasteiger charge is 2.30. The third kappa shape index (κ3) is 5.57. The highest BCUT2D eigenvalue weighted by molar-refractivity contribution is 6.16. The summed E-state index contributed by atoms with van der Waals surface area (Å²) < 4.78 is 20.7. The van der Waals surface area contributed by atoms with Crippen molar-refractivity contribution in [2.45, 2.75) is 0 Å². The van der Waals surface area contributed by atoms with E-state index in [0.717, 1.165) is 123 Å². The van der Waals surface area contributed by atoms with Gasteiger partial charge < -0.3 is 23.7 Å². The van der Waals surface area contributed by atoms with Gasteiger partial charge in [0.05, 0.1) is 11.4 Å². The molecule has 0 saturated carbocycles. The summed E-state index contributed by atoms with van der Waals surface area (Å²) in [5, 5.41) is 4.26. The van der Waals surface area contributed by atoms with Gasteiger partial charge in [-0.25, -0.2) is 0 Å². The minimum absolute atomic E-state index is 0.788. The average molecular weight is 809 g/mol. The van der Waals surface area contributed by atoms with Crippen molar-refractivity contribution >= 4 is 66.8 Å². The van der Waals surface area contributed by atoms with Gasteiger partial charge in [-0.2, -0.15) is 0 Å². The molecule has 5 heteroatoms. The van der Waals surface area contributed by atoms with E-state index in [2.05, 4.69) is 204 Å². The van der Waals surface area contributed by atoms with Gasteiger partial charge in [-0.15, -0.1) is 0 Å². The Morgan fingerprint density at radius 1 is 0.286 bits per heavy atom. The summed E-state index contributed by atoms with van der Waals surface area (Å²) in [6, 6.07) is 76.2. The molecule has 5 nitrogen and oxygen atoms in total. The molecule has 11 aromatic rings. The van der Waals surface area contributed by atoms with Crippen LogP contribution in [0.15, 0.2) is 223 Å². The molecular weight excluding hydrogens is 773 g/mol. The molecule has 2 aliphatic heterocycles. The number of ether oxygens (including phenoxy) is 2. The third-order valence-corrected chi connectivity index (χ3v) is 12.4. The highest BCUT2D eigenvalue weighted by Crippen LogP contribution is 2.57. The molecule has 0 N–H and O–H groups in total. The molecular formula is C58H36N2O3. The minimum Gasteiger partial charge on any atom is -0.456 e. The van der Waals surface area contributed by atoms with E-state index in [4.69, 9.17) is 13.9 Å². The Morgan fingerprint density at radius 2 is 0.746 bits per heavy atom. The molecule has 0 aliphatic carbocycles. The van der Waals surface area contributed by atoms with Crippen LogP contribution >= 0.6 is 0 Å². The fourth-order valence-electron chi connectivity index (χ4n) is 9.63. The monoisotopic (exact) mass is 808 g/mol. The topological polar surface area (TPSA) is 38.1 Å². The van der Waals surface area contributed by atoms with Gasteiger partial charge in [-0.3, -0.25) is 0 Å². The van der Waals surface area contributed by atoms with E-state index in [1.165, 1.54) is 0 Å². The average Bonchev–Trinajstić information content (AvgIpc) is 3.74. The molecule has 0 radical (unpaired) electrons. The van der Waals surface area contributed by atoms with E-state index in [9.17, 15) is 0 Å². The summed E-state index contributed by atoms with van der Waals surface area (Å²) in [6.45, 7) is 0. The molecule has 10 aromatic carbocycles. The number of nitrogens with zero attached hydrogens (tertiary/aromatic N) is 2. The van der Waals surface area contributed by atoms with Gasteiger partial charge in [0.1, 0.15) is 28.6 Å². The van der Waals surface area contributed by atoms with Gasteiger partial charge in [0.25, 0.3) is 0 Å². The number of para-hydroxylation sites is 5. The maximum absolute atomic E-state index is 6.93. The van der Waals surface area contributed by atoms with Gasteiger partial charge in [-0.1, -0.05) is 115 Å². The zero-order chi connectivity index (χ0) is 41.4. The van der Waals surface area contributed by atoms with Crippen molar-refractivity contribution in [2.75, 3.05) is 9.80 Å². The predicted molar refractivity (Wildman–Crippen MR) is 257 cm³/mol. The summed E-state index contributed by atoms with van der Waals surface area (Å²) in [6.07, 6.45) is 0. The van der Waals surface area contributed by atoms with Gasteiger partial charge in [0.15, 0.2) is 5.58 Å². The minimum atomic E-state index is 0.788. The fraction of sp³-hybridized carbons (Fsp3) is 0. The maximum atomic E-state index is 6.93. The predicted octanol–water partition coefficient (Wildman–Crippen LogP) is 16.9. The molecule has 63 heavy (non-hydrogen) atoms. The van der Waals surface area contributed by atoms with Crippen LogP contribution in [0.2, 0.25) is 0 Å². The molecule has 0 bridgehead atoms. The Kier molecular flexibility index (Phi) is 7.84. The molecule has 13 rings (SSSR count). The highest BCUT2D eigenvalue weighted by atomic mass is 16.5. The standard InChI is InChI=1S/C58H36N2O3/c1-5-15-37(16-6-1)43-23-13-24-48-49-25-14-26-50(58(49)63-57(43)48)60(40-21-11-4-12-22-40)42-28-30-45-47-32-33-51-55-46(31-34-52(56(47)55)62-54(45)36-42)44-29-27-41(35-53(44)61-51)59(38-17-7-2-8-18-38)39-19-9-3-10-20-39/h1-36H. The van der Waals surface area contributed by atoms with Gasteiger partial charge in [0, 0.05) is 73.1 Å². The normalized spacial score (nSPS) is 12.1. The molecule has 0 atom stereocenters. The van der Waals surface area contributed by atoms with E-state index in [0.29, 0.717) is 0 Å². The lowest BCUT2D eigenvalue weighted by Crippen LogP contribution is -2.11. The first-order valence-corrected chi connectivity index (χ1v) is 21.2. The van der Waals surface area contributed by atoms with Crippen LogP contribution in [0.4, 0.5) is 34.1 Å². The Balaban J connectivity index is 0.917. The molecule has 1 aromatic heterocycles. The number of hydrogen-bond donors (Lipinski definition) is 0. The van der Waals surface area contributed by atoms with Crippen LogP contribution in [0.3, 0.4) is 0 Å². The second-order valence-corrected chi connectivity index (χ2v) is 16.0. The Labute approximate surface area is 363 Å². The number of anilines is 6. The van der Waals surface area contributed by atoms with Crippen molar-refractivity contribution in [1.29, 1.82) is 0 Å². The zero-order valence-corrected chi connectivity index (χ0v) is 33.9. The summed E-state index contributed by atoms with van der Waals surface area (Å²) in [4.78, 5) is 4.53. The van der Waals surface area contributed by atoms with Crippen molar-refractivity contribution in [2.24, 2.45) is 0 Å². The first kappa shape index (κ1) is 35.2. The third-order valence-electron chi connectivity index (χ3n) is 12.4. The van der Waals surface area contributed by atoms with Crippen molar-refractivity contribution < 1.29 is 13.9 Å². The molecule has 0 fully saturated rings. The summed E-state index contributed by atoms with van der Waals surface area (Å²) in [5.41, 5.74) is 14.3. The van der Waals surface area contributed by atoms with Gasteiger partial charge in [0.2, 0.25) is 0 Å². The van der Waals surface area contributed by atoms with Gasteiger partial charge in [-0.05, 0) is 108 Å². The number of fused-ring (bicyclic) bond motifs is 7. The van der Waals surface area contributed by atoms with Crippen LogP contribution < -0.4 is 19.3 Å². The Hall–Kier alpha value is -8.54. The Bertz CT molecular complexity index is 3530. The van der Waals surface area contributed by atoms with Gasteiger partial charge >= 0.3 is 0 Å². The van der Waals surface area contributed by atoms with Crippen LogP contribution in [0.25, 0.3) is 66.1 Å². The lowest BCUT2D eigenvalue weighted by atomic mass is 9.88. The van der Waals surface area contributed by atoms with Crippen molar-refractivity contribution in [1.82, 2.24) is 0 Å². The zero-order valence-electron chi connectivity index (χ0n) is 33.9. The molecule has 0 unspecified atom stereocenters. The van der Waals surface area contributed by atoms with E-state index < -0.39 is 0 Å². The molecule has 296 valence electrons. The SMILES string of the molecule is c1ccc(-c2cccc3c2oc2c(N(c4ccccc4)c4ccc5c(c4)Oc4ccc6c7c(ccc-5c47)Oc4cc(N(c5ccccc5)c5ccccc5)ccc4-6)cccc23)cc1. The number of furan rings is 1. The van der Waals surface area contributed by atoms with Crippen LogP contribution in [-0.2, 0) is 0 Å². The molecule has 0 spiro atoms. The molecule has 2 aliphatic rings. The number of benzene rings is 10. The Morgan fingerprint density at radius 3 is 1.30 bits per heavy atom. The second kappa shape index (κ2) is 14.0. The smallest absolute Gasteiger partial charge is 0.159 e. The van der Waals surface area contributed by atoms with Crippen molar-refractivity contribution in [3.05, 3.63) is 218 Å². The lowest BCUT2D eigenvalue weighted by molar-refractivity contribution is 0.480. The van der Waals surface area contributed by atoms with Crippen molar-refractivity contribution in [3.8, 4) is 56.4 Å². The van der Waals surface area contributed by atoms with Crippen molar-refractivity contribution in [3.63, 3.8) is 0 Å². The number of hydrogen-bond acceptors (Lipinski definition) is 5. The molecule has 3 heterocycles. The largest absolute Gasteiger partial charge is 0.456 e. The second-order valence-electron chi connectivity index (χ2n) is 16.0. The summed E-state index contributed by atoms with van der Waals surface area (Å²) in [7, 11) is 0. The lowest BCUT2D eigenvalue weighted by Gasteiger charge is -2.30. The maximum Gasteiger partial charge on any atom is 0.159 e. The van der Waals surface area contributed by atoms with E-state index in [1.54, 1.807) is 0 Å². The summed E-state index contributed by atoms with van der Waals surface area (Å²) in [5.74, 6) is 3.22. The van der Waals surface area contributed by atoms with Crippen LogP contribution in [0.1, 0.15) is 0 Å². The fourth-order valence-corrected chi connectivity index (χ4v) is 9.63.